The normalized spacial score (nSPS) is 13.5. The molecule has 0 saturated carbocycles. The average molecular weight is 449 g/mol. The van der Waals surface area contributed by atoms with E-state index >= 15 is 0 Å². The lowest BCUT2D eigenvalue weighted by molar-refractivity contribution is -0.118. The van der Waals surface area contributed by atoms with Crippen molar-refractivity contribution in [1.82, 2.24) is 0 Å². The maximum atomic E-state index is 12.4. The first-order valence-electron chi connectivity index (χ1n) is 9.93. The molecule has 2 amide bonds. The van der Waals surface area contributed by atoms with Gasteiger partial charge in [-0.1, -0.05) is 35.4 Å². The summed E-state index contributed by atoms with van der Waals surface area (Å²) in [6.45, 7) is 1.81. The Labute approximate surface area is 190 Å². The first-order valence-corrected chi connectivity index (χ1v) is 10.3. The van der Waals surface area contributed by atoms with Crippen molar-refractivity contribution >= 4 is 46.4 Å². The van der Waals surface area contributed by atoms with Gasteiger partial charge in [0.15, 0.2) is 18.1 Å². The van der Waals surface area contributed by atoms with E-state index in [0.29, 0.717) is 27.8 Å². The Balaban J connectivity index is 1.48. The monoisotopic (exact) mass is 448 g/mol. The standard InChI is InChI=1S/C25H21ClN2O4/c1-15-3-7-18(8-4-15)27-24(29)14-32-22-10-5-16(12-23(22)31-2)11-20-19-13-17(26)6-9-21(19)28-25(20)30/h3-13H,14H2,1-2H3,(H,27,29)(H,28,30)/b20-11+. The van der Waals surface area contributed by atoms with Crippen LogP contribution in [-0.2, 0) is 9.59 Å². The zero-order valence-electron chi connectivity index (χ0n) is 17.6. The lowest BCUT2D eigenvalue weighted by Gasteiger charge is -2.12. The lowest BCUT2D eigenvalue weighted by atomic mass is 10.0. The highest BCUT2D eigenvalue weighted by Gasteiger charge is 2.24. The molecule has 3 aromatic rings. The molecule has 3 aromatic carbocycles. The molecule has 1 heterocycles. The second-order valence-electron chi connectivity index (χ2n) is 7.32. The van der Waals surface area contributed by atoms with E-state index in [1.807, 2.05) is 31.2 Å². The molecular weight excluding hydrogens is 428 g/mol. The van der Waals surface area contributed by atoms with Crippen LogP contribution < -0.4 is 20.1 Å². The Morgan fingerprint density at radius 1 is 1.06 bits per heavy atom. The van der Waals surface area contributed by atoms with E-state index in [1.54, 1.807) is 42.5 Å². The molecule has 32 heavy (non-hydrogen) atoms. The fourth-order valence-electron chi connectivity index (χ4n) is 3.34. The minimum Gasteiger partial charge on any atom is -0.493 e. The highest BCUT2D eigenvalue weighted by atomic mass is 35.5. The lowest BCUT2D eigenvalue weighted by Crippen LogP contribution is -2.20. The van der Waals surface area contributed by atoms with Gasteiger partial charge in [-0.25, -0.2) is 0 Å². The number of hydrogen-bond donors (Lipinski definition) is 2. The van der Waals surface area contributed by atoms with Crippen molar-refractivity contribution in [3.63, 3.8) is 0 Å². The predicted molar refractivity (Wildman–Crippen MR) is 126 cm³/mol. The van der Waals surface area contributed by atoms with Gasteiger partial charge in [0.2, 0.25) is 0 Å². The van der Waals surface area contributed by atoms with Crippen molar-refractivity contribution in [2.75, 3.05) is 24.4 Å². The van der Waals surface area contributed by atoms with Crippen molar-refractivity contribution in [2.24, 2.45) is 0 Å². The van der Waals surface area contributed by atoms with Gasteiger partial charge in [0.1, 0.15) is 0 Å². The van der Waals surface area contributed by atoms with Gasteiger partial charge in [-0.15, -0.1) is 0 Å². The fourth-order valence-corrected chi connectivity index (χ4v) is 3.51. The van der Waals surface area contributed by atoms with Crippen LogP contribution in [0.2, 0.25) is 5.02 Å². The van der Waals surface area contributed by atoms with Crippen molar-refractivity contribution < 1.29 is 19.1 Å². The zero-order valence-corrected chi connectivity index (χ0v) is 18.3. The van der Waals surface area contributed by atoms with E-state index in [2.05, 4.69) is 10.6 Å². The number of fused-ring (bicyclic) bond motifs is 1. The summed E-state index contributed by atoms with van der Waals surface area (Å²) in [5.74, 6) is 0.396. The zero-order chi connectivity index (χ0) is 22.7. The van der Waals surface area contributed by atoms with Crippen molar-refractivity contribution in [3.05, 3.63) is 82.4 Å². The van der Waals surface area contributed by atoms with Crippen LogP contribution in [0.4, 0.5) is 11.4 Å². The van der Waals surface area contributed by atoms with E-state index in [1.165, 1.54) is 7.11 Å². The first kappa shape index (κ1) is 21.5. The van der Waals surface area contributed by atoms with Crippen LogP contribution >= 0.6 is 11.6 Å². The number of methoxy groups -OCH3 is 1. The summed E-state index contributed by atoms with van der Waals surface area (Å²) < 4.78 is 11.1. The Morgan fingerprint density at radius 2 is 1.84 bits per heavy atom. The van der Waals surface area contributed by atoms with Crippen molar-refractivity contribution in [2.45, 2.75) is 6.92 Å². The smallest absolute Gasteiger partial charge is 0.262 e. The van der Waals surface area contributed by atoms with E-state index in [-0.39, 0.29) is 18.4 Å². The van der Waals surface area contributed by atoms with E-state index in [9.17, 15) is 9.59 Å². The highest BCUT2D eigenvalue weighted by molar-refractivity contribution is 6.36. The molecule has 6 nitrogen and oxygen atoms in total. The Hall–Kier alpha value is -3.77. The molecule has 0 radical (unpaired) electrons. The van der Waals surface area contributed by atoms with Crippen LogP contribution in [0.1, 0.15) is 16.7 Å². The molecule has 0 aromatic heterocycles. The maximum Gasteiger partial charge on any atom is 0.262 e. The van der Waals surface area contributed by atoms with E-state index < -0.39 is 0 Å². The molecule has 0 unspecified atom stereocenters. The summed E-state index contributed by atoms with van der Waals surface area (Å²) in [5.41, 5.74) is 4.53. The van der Waals surface area contributed by atoms with Gasteiger partial charge >= 0.3 is 0 Å². The molecule has 7 heteroatoms. The van der Waals surface area contributed by atoms with Crippen LogP contribution in [0, 0.1) is 6.92 Å². The third kappa shape index (κ3) is 4.76. The molecule has 1 aliphatic rings. The molecule has 0 atom stereocenters. The van der Waals surface area contributed by atoms with Gasteiger partial charge in [-0.2, -0.15) is 0 Å². The number of carbonyl (C=O) groups excluding carboxylic acids is 2. The Morgan fingerprint density at radius 3 is 2.59 bits per heavy atom. The van der Waals surface area contributed by atoms with Gasteiger partial charge in [0.25, 0.3) is 11.8 Å². The maximum absolute atomic E-state index is 12.4. The quantitative estimate of drug-likeness (QED) is 0.510. The number of halogens is 1. The van der Waals surface area contributed by atoms with Gasteiger partial charge in [0, 0.05) is 27.5 Å². The van der Waals surface area contributed by atoms with Crippen LogP contribution in [0.25, 0.3) is 11.6 Å². The summed E-state index contributed by atoms with van der Waals surface area (Å²) in [6.07, 6.45) is 1.76. The third-order valence-electron chi connectivity index (χ3n) is 4.96. The topological polar surface area (TPSA) is 76.7 Å². The highest BCUT2D eigenvalue weighted by Crippen LogP contribution is 2.36. The molecule has 0 aliphatic carbocycles. The molecule has 4 rings (SSSR count). The molecular formula is C25H21ClN2O4. The predicted octanol–water partition coefficient (Wildman–Crippen LogP) is 5.17. The Bertz CT molecular complexity index is 1220. The summed E-state index contributed by atoms with van der Waals surface area (Å²) in [7, 11) is 1.52. The van der Waals surface area contributed by atoms with E-state index in [4.69, 9.17) is 21.1 Å². The van der Waals surface area contributed by atoms with Crippen molar-refractivity contribution in [1.29, 1.82) is 0 Å². The SMILES string of the molecule is COc1cc(/C=C2/C(=O)Nc3ccc(Cl)cc32)ccc1OCC(=O)Nc1ccc(C)cc1. The van der Waals surface area contributed by atoms with Gasteiger partial charge in [-0.3, -0.25) is 9.59 Å². The van der Waals surface area contributed by atoms with Crippen LogP contribution in [-0.4, -0.2) is 25.5 Å². The fraction of sp³-hybridized carbons (Fsp3) is 0.120. The van der Waals surface area contributed by atoms with Crippen LogP contribution in [0.3, 0.4) is 0 Å². The molecule has 0 saturated heterocycles. The van der Waals surface area contributed by atoms with Gasteiger partial charge in [0.05, 0.1) is 7.11 Å². The summed E-state index contributed by atoms with van der Waals surface area (Å²) in [5, 5.41) is 6.16. The summed E-state index contributed by atoms with van der Waals surface area (Å²) >= 11 is 6.09. The number of nitrogens with one attached hydrogen (secondary N) is 2. The van der Waals surface area contributed by atoms with Gasteiger partial charge in [-0.05, 0) is 61.0 Å². The summed E-state index contributed by atoms with van der Waals surface area (Å²) in [6, 6.07) is 18.0. The minimum atomic E-state index is -0.279. The number of ether oxygens (including phenoxy) is 2. The van der Waals surface area contributed by atoms with Gasteiger partial charge < -0.3 is 20.1 Å². The number of rotatable bonds is 6. The number of amides is 2. The Kier molecular flexibility index (Phi) is 6.14. The molecule has 0 bridgehead atoms. The number of benzene rings is 3. The first-order chi connectivity index (χ1) is 15.4. The van der Waals surface area contributed by atoms with E-state index in [0.717, 1.165) is 22.4 Å². The molecule has 162 valence electrons. The second kappa shape index (κ2) is 9.16. The summed E-state index contributed by atoms with van der Waals surface area (Å²) in [4.78, 5) is 24.6. The number of hydrogen-bond acceptors (Lipinski definition) is 4. The van der Waals surface area contributed by atoms with Crippen LogP contribution in [0.5, 0.6) is 11.5 Å². The van der Waals surface area contributed by atoms with Crippen LogP contribution in [0.15, 0.2) is 60.7 Å². The molecule has 1 aliphatic heterocycles. The third-order valence-corrected chi connectivity index (χ3v) is 5.19. The number of anilines is 2. The molecule has 2 N–H and O–H groups in total. The minimum absolute atomic E-state index is 0.168. The average Bonchev–Trinajstić information content (AvgIpc) is 3.08. The molecule has 0 fully saturated rings. The largest absolute Gasteiger partial charge is 0.493 e. The number of carbonyl (C=O) groups is 2. The number of aryl methyl sites for hydroxylation is 1. The molecule has 0 spiro atoms. The second-order valence-corrected chi connectivity index (χ2v) is 7.75. The van der Waals surface area contributed by atoms with Crippen molar-refractivity contribution in [3.8, 4) is 11.5 Å².